The van der Waals surface area contributed by atoms with E-state index in [1.807, 2.05) is 30.5 Å². The van der Waals surface area contributed by atoms with Crippen molar-refractivity contribution in [2.45, 2.75) is 6.92 Å². The van der Waals surface area contributed by atoms with Crippen LogP contribution in [-0.2, 0) is 0 Å². The Bertz CT molecular complexity index is 411. The minimum atomic E-state index is 0.918. The van der Waals surface area contributed by atoms with Crippen LogP contribution in [0.2, 0.25) is 0 Å². The Balaban J connectivity index is 2.49. The summed E-state index contributed by atoms with van der Waals surface area (Å²) >= 11 is 0. The van der Waals surface area contributed by atoms with E-state index >= 15 is 0 Å². The van der Waals surface area contributed by atoms with Crippen molar-refractivity contribution in [3.63, 3.8) is 0 Å². The fourth-order valence-electron chi connectivity index (χ4n) is 1.26. The van der Waals surface area contributed by atoms with Crippen molar-refractivity contribution >= 4 is 14.5 Å². The molecule has 2 heterocycles. The molecule has 0 saturated heterocycles. The predicted octanol–water partition coefficient (Wildman–Crippen LogP) is 1.95. The van der Waals surface area contributed by atoms with E-state index in [0.717, 1.165) is 16.7 Å². The molecule has 0 fully saturated rings. The predicted molar refractivity (Wildman–Crippen MR) is 61.5 cm³/mol. The monoisotopic (exact) mass is 202 g/mol. The Hall–Kier alpha value is -1.27. The Morgan fingerprint density at radius 3 is 2.29 bits per heavy atom. The van der Waals surface area contributed by atoms with Gasteiger partial charge in [-0.1, -0.05) is 0 Å². The Morgan fingerprint density at radius 2 is 1.64 bits per heavy atom. The first kappa shape index (κ1) is 9.29. The molecule has 2 nitrogen and oxygen atoms in total. The number of hydrogen-bond donors (Lipinski definition) is 0. The van der Waals surface area contributed by atoms with E-state index < -0.39 is 0 Å². The van der Waals surface area contributed by atoms with Crippen LogP contribution in [0.4, 0.5) is 0 Å². The molecule has 0 amide bonds. The lowest BCUT2D eigenvalue weighted by Gasteiger charge is -2.01. The molecule has 2 aromatic heterocycles. The SMILES string of the molecule is Cc1ccnc(-c2cc(P)ccn2)c1. The maximum atomic E-state index is 4.28. The highest BCUT2D eigenvalue weighted by molar-refractivity contribution is 7.27. The first-order chi connectivity index (χ1) is 6.75. The molecule has 0 radical (unpaired) electrons. The van der Waals surface area contributed by atoms with Crippen molar-refractivity contribution in [3.8, 4) is 11.4 Å². The smallest absolute Gasteiger partial charge is 0.0892 e. The molecule has 2 rings (SSSR count). The van der Waals surface area contributed by atoms with Crippen LogP contribution in [-0.4, -0.2) is 9.97 Å². The molecule has 0 N–H and O–H groups in total. The Labute approximate surface area is 85.6 Å². The van der Waals surface area contributed by atoms with E-state index in [0.29, 0.717) is 0 Å². The van der Waals surface area contributed by atoms with E-state index in [2.05, 4.69) is 26.1 Å². The molecule has 0 aromatic carbocycles. The standard InChI is InChI=1S/C11H11N2P/c1-8-2-4-12-10(6-8)11-7-9(14)3-5-13-11/h2-7H,14H2,1H3. The highest BCUT2D eigenvalue weighted by atomic mass is 31.0. The quantitative estimate of drug-likeness (QED) is 0.660. The zero-order valence-corrected chi connectivity index (χ0v) is 9.09. The highest BCUT2D eigenvalue weighted by Gasteiger charge is 2.00. The summed E-state index contributed by atoms with van der Waals surface area (Å²) in [5, 5.41) is 1.12. The average molecular weight is 202 g/mol. The van der Waals surface area contributed by atoms with Gasteiger partial charge in [0, 0.05) is 12.4 Å². The topological polar surface area (TPSA) is 25.8 Å². The Kier molecular flexibility index (Phi) is 2.55. The Morgan fingerprint density at radius 1 is 1.00 bits per heavy atom. The first-order valence-electron chi connectivity index (χ1n) is 4.40. The second-order valence-electron chi connectivity index (χ2n) is 3.19. The third-order valence-electron chi connectivity index (χ3n) is 1.96. The number of hydrogen-bond acceptors (Lipinski definition) is 2. The molecule has 14 heavy (non-hydrogen) atoms. The number of aryl methyl sites for hydroxylation is 1. The van der Waals surface area contributed by atoms with Crippen molar-refractivity contribution in [2.75, 3.05) is 0 Å². The largest absolute Gasteiger partial charge is 0.255 e. The molecule has 0 aliphatic rings. The molecule has 0 bridgehead atoms. The summed E-state index contributed by atoms with van der Waals surface area (Å²) in [5.74, 6) is 0. The number of aromatic nitrogens is 2. The maximum absolute atomic E-state index is 4.28. The van der Waals surface area contributed by atoms with Crippen LogP contribution in [0.1, 0.15) is 5.56 Å². The molecule has 2 aromatic rings. The van der Waals surface area contributed by atoms with Crippen LogP contribution in [0.5, 0.6) is 0 Å². The number of nitrogens with zero attached hydrogens (tertiary/aromatic N) is 2. The summed E-state index contributed by atoms with van der Waals surface area (Å²) in [6.45, 7) is 2.05. The van der Waals surface area contributed by atoms with Gasteiger partial charge in [0.2, 0.25) is 0 Å². The van der Waals surface area contributed by atoms with Gasteiger partial charge in [0.15, 0.2) is 0 Å². The fourth-order valence-corrected chi connectivity index (χ4v) is 1.51. The van der Waals surface area contributed by atoms with Gasteiger partial charge in [0.05, 0.1) is 11.4 Å². The lowest BCUT2D eigenvalue weighted by atomic mass is 10.2. The van der Waals surface area contributed by atoms with Crippen molar-refractivity contribution in [1.29, 1.82) is 0 Å². The van der Waals surface area contributed by atoms with Gasteiger partial charge < -0.3 is 0 Å². The zero-order valence-electron chi connectivity index (χ0n) is 7.94. The highest BCUT2D eigenvalue weighted by Crippen LogP contribution is 2.13. The number of pyridine rings is 2. The summed E-state index contributed by atoms with van der Waals surface area (Å²) < 4.78 is 0. The second kappa shape index (κ2) is 3.85. The maximum Gasteiger partial charge on any atom is 0.0892 e. The molecule has 70 valence electrons. The molecular formula is C11H11N2P. The molecule has 0 aliphatic heterocycles. The third-order valence-corrected chi connectivity index (χ3v) is 2.32. The molecule has 1 atom stereocenters. The van der Waals surface area contributed by atoms with Gasteiger partial charge in [-0.25, -0.2) is 0 Å². The summed E-state index contributed by atoms with van der Waals surface area (Å²) in [6, 6.07) is 7.97. The first-order valence-corrected chi connectivity index (χ1v) is 4.98. The van der Waals surface area contributed by atoms with Crippen molar-refractivity contribution in [2.24, 2.45) is 0 Å². The summed E-state index contributed by atoms with van der Waals surface area (Å²) in [5.41, 5.74) is 3.04. The van der Waals surface area contributed by atoms with E-state index in [-0.39, 0.29) is 0 Å². The van der Waals surface area contributed by atoms with Crippen molar-refractivity contribution in [1.82, 2.24) is 9.97 Å². The van der Waals surface area contributed by atoms with E-state index in [4.69, 9.17) is 0 Å². The molecule has 1 unspecified atom stereocenters. The zero-order chi connectivity index (χ0) is 9.97. The van der Waals surface area contributed by atoms with Gasteiger partial charge in [0.25, 0.3) is 0 Å². The fraction of sp³-hybridized carbons (Fsp3) is 0.0909. The average Bonchev–Trinajstić information content (AvgIpc) is 2.18. The summed E-state index contributed by atoms with van der Waals surface area (Å²) in [4.78, 5) is 8.55. The lowest BCUT2D eigenvalue weighted by molar-refractivity contribution is 1.23. The van der Waals surface area contributed by atoms with E-state index in [9.17, 15) is 0 Å². The van der Waals surface area contributed by atoms with Gasteiger partial charge in [0.1, 0.15) is 0 Å². The van der Waals surface area contributed by atoms with Crippen LogP contribution < -0.4 is 5.30 Å². The minimum Gasteiger partial charge on any atom is -0.255 e. The van der Waals surface area contributed by atoms with Crippen molar-refractivity contribution < 1.29 is 0 Å². The van der Waals surface area contributed by atoms with Gasteiger partial charge in [-0.05, 0) is 42.1 Å². The molecular weight excluding hydrogens is 191 g/mol. The van der Waals surface area contributed by atoms with Crippen LogP contribution in [0.25, 0.3) is 11.4 Å². The van der Waals surface area contributed by atoms with Gasteiger partial charge >= 0.3 is 0 Å². The van der Waals surface area contributed by atoms with E-state index in [1.165, 1.54) is 5.56 Å². The third kappa shape index (κ3) is 1.97. The lowest BCUT2D eigenvalue weighted by Crippen LogP contribution is -1.94. The molecule has 3 heteroatoms. The second-order valence-corrected chi connectivity index (χ2v) is 3.86. The number of rotatable bonds is 1. The van der Waals surface area contributed by atoms with Crippen LogP contribution in [0.15, 0.2) is 36.7 Å². The van der Waals surface area contributed by atoms with Gasteiger partial charge in [-0.15, -0.1) is 9.24 Å². The van der Waals surface area contributed by atoms with Crippen LogP contribution >= 0.6 is 9.24 Å². The van der Waals surface area contributed by atoms with E-state index in [1.54, 1.807) is 6.20 Å². The molecule has 0 saturated carbocycles. The summed E-state index contributed by atoms with van der Waals surface area (Å²) in [7, 11) is 2.66. The van der Waals surface area contributed by atoms with Crippen LogP contribution in [0, 0.1) is 6.92 Å². The normalized spacial score (nSPS) is 10.1. The van der Waals surface area contributed by atoms with Crippen molar-refractivity contribution in [3.05, 3.63) is 42.2 Å². The van der Waals surface area contributed by atoms with Gasteiger partial charge in [-0.2, -0.15) is 0 Å². The summed E-state index contributed by atoms with van der Waals surface area (Å²) in [6.07, 6.45) is 3.60. The molecule has 0 aliphatic carbocycles. The minimum absolute atomic E-state index is 0.918. The van der Waals surface area contributed by atoms with Gasteiger partial charge in [-0.3, -0.25) is 9.97 Å². The van der Waals surface area contributed by atoms with Crippen LogP contribution in [0.3, 0.4) is 0 Å². The molecule has 0 spiro atoms.